The van der Waals surface area contributed by atoms with Crippen LogP contribution in [0, 0.1) is 0 Å². The summed E-state index contributed by atoms with van der Waals surface area (Å²) in [4.78, 5) is 23.7. The second-order valence-electron chi connectivity index (χ2n) is 17.4. The molecule has 4 aromatic carbocycles. The highest BCUT2D eigenvalue weighted by molar-refractivity contribution is 7.90. The molecule has 1 N–H and O–H groups in total. The van der Waals surface area contributed by atoms with Gasteiger partial charge in [-0.1, -0.05) is 112 Å². The van der Waals surface area contributed by atoms with Gasteiger partial charge in [0.15, 0.2) is 11.5 Å². The molecule has 2 aliphatic rings. The Bertz CT molecular complexity index is 2420. The van der Waals surface area contributed by atoms with Crippen molar-refractivity contribution in [2.24, 2.45) is 0 Å². The van der Waals surface area contributed by atoms with Crippen LogP contribution in [0.2, 0.25) is 5.04 Å². The minimum Gasteiger partial charge on any atom is -0.597 e. The number of rotatable bonds is 12. The van der Waals surface area contributed by atoms with Gasteiger partial charge in [0, 0.05) is 53.6 Å². The van der Waals surface area contributed by atoms with Crippen molar-refractivity contribution >= 4 is 36.0 Å². The van der Waals surface area contributed by atoms with Gasteiger partial charge in [-0.3, -0.25) is 9.78 Å². The van der Waals surface area contributed by atoms with Gasteiger partial charge in [-0.05, 0) is 89.6 Å². The van der Waals surface area contributed by atoms with Crippen LogP contribution in [0.15, 0.2) is 134 Å². The van der Waals surface area contributed by atoms with Gasteiger partial charge in [-0.15, -0.1) is 4.31 Å². The zero-order chi connectivity index (χ0) is 42.1. The summed E-state index contributed by atoms with van der Waals surface area (Å²) in [5.41, 5.74) is 6.57. The van der Waals surface area contributed by atoms with Crippen LogP contribution in [-0.2, 0) is 28.9 Å². The number of nitrogens with zero attached hydrogens (tertiary/aromatic N) is 3. The van der Waals surface area contributed by atoms with E-state index in [4.69, 9.17) is 18.9 Å². The van der Waals surface area contributed by atoms with E-state index >= 15 is 0 Å². The molecule has 6 aromatic rings. The molecule has 0 saturated heterocycles. The molecule has 2 atom stereocenters. The largest absolute Gasteiger partial charge is 0.597 e. The summed E-state index contributed by atoms with van der Waals surface area (Å²) in [6.45, 7) is 14.1. The highest BCUT2D eigenvalue weighted by atomic mass is 32.2. The van der Waals surface area contributed by atoms with E-state index in [1.165, 1.54) is 10.4 Å². The summed E-state index contributed by atoms with van der Waals surface area (Å²) in [6, 6.07) is 40.7. The summed E-state index contributed by atoms with van der Waals surface area (Å²) in [7, 11) is -2.87. The molecule has 9 nitrogen and oxygen atoms in total. The van der Waals surface area contributed by atoms with Crippen LogP contribution in [0.4, 0.5) is 0 Å². The molecule has 4 heterocycles. The van der Waals surface area contributed by atoms with E-state index in [9.17, 15) is 9.35 Å². The van der Waals surface area contributed by atoms with Gasteiger partial charge in [0.25, 0.3) is 14.2 Å². The fraction of sp³-hybridized carbons (Fsp3) is 0.286. The first kappa shape index (κ1) is 41.4. The van der Waals surface area contributed by atoms with Crippen LogP contribution in [0.3, 0.4) is 0 Å². The maximum atomic E-state index is 14.6. The summed E-state index contributed by atoms with van der Waals surface area (Å²) >= 11 is -1.40. The van der Waals surface area contributed by atoms with Crippen LogP contribution < -0.4 is 25.2 Å². The van der Waals surface area contributed by atoms with Gasteiger partial charge in [-0.2, -0.15) is 0 Å². The Labute approximate surface area is 357 Å². The molecule has 308 valence electrons. The molecule has 1 unspecified atom stereocenters. The summed E-state index contributed by atoms with van der Waals surface area (Å²) < 4.78 is 34.7. The second kappa shape index (κ2) is 17.0. The van der Waals surface area contributed by atoms with Gasteiger partial charge in [0.05, 0.1) is 18.3 Å². The third-order valence-corrected chi connectivity index (χ3v) is 18.2. The van der Waals surface area contributed by atoms with E-state index in [0.29, 0.717) is 42.5 Å². The summed E-state index contributed by atoms with van der Waals surface area (Å²) in [5, 5.41) is 5.29. The second-order valence-corrected chi connectivity index (χ2v) is 23.9. The number of nitrogens with one attached hydrogen (secondary N) is 1. The quantitative estimate of drug-likeness (QED) is 0.0964. The monoisotopic (exact) mass is 836 g/mol. The first-order valence-corrected chi connectivity index (χ1v) is 23.5. The van der Waals surface area contributed by atoms with Crippen molar-refractivity contribution in [3.8, 4) is 33.9 Å². The molecule has 2 aliphatic heterocycles. The highest BCUT2D eigenvalue weighted by Gasteiger charge is 2.51. The van der Waals surface area contributed by atoms with Crippen LogP contribution >= 0.6 is 0 Å². The topological polar surface area (TPSA) is 109 Å². The minimum absolute atomic E-state index is 0.179. The van der Waals surface area contributed by atoms with Crippen molar-refractivity contribution < 1.29 is 23.2 Å². The molecule has 8 rings (SSSR count). The van der Waals surface area contributed by atoms with Crippen molar-refractivity contribution in [2.75, 3.05) is 13.4 Å². The number of benzene rings is 4. The van der Waals surface area contributed by atoms with Crippen LogP contribution in [0.1, 0.15) is 81.2 Å². The minimum atomic E-state index is -2.87. The maximum absolute atomic E-state index is 14.6. The van der Waals surface area contributed by atoms with Crippen LogP contribution in [0.25, 0.3) is 22.4 Å². The fourth-order valence-electron chi connectivity index (χ4n) is 8.47. The summed E-state index contributed by atoms with van der Waals surface area (Å²) in [5.74, 6) is 1.04. The van der Waals surface area contributed by atoms with Gasteiger partial charge in [0.2, 0.25) is 6.79 Å². The lowest BCUT2D eigenvalue weighted by molar-refractivity contribution is 0.0945. The number of fused-ring (bicyclic) bond motifs is 2. The van der Waals surface area contributed by atoms with Crippen LogP contribution in [0.5, 0.6) is 11.5 Å². The average molecular weight is 837 g/mol. The third-order valence-electron chi connectivity index (χ3n) is 11.3. The number of aromatic nitrogens is 2. The Hall–Kier alpha value is -5.30. The Morgan fingerprint density at radius 3 is 2.18 bits per heavy atom. The fourth-order valence-corrected chi connectivity index (χ4v) is 14.5. The predicted molar refractivity (Wildman–Crippen MR) is 241 cm³/mol. The van der Waals surface area contributed by atoms with Gasteiger partial charge in [-0.25, -0.2) is 4.98 Å². The van der Waals surface area contributed by atoms with Crippen molar-refractivity contribution in [1.29, 1.82) is 0 Å². The number of pyridine rings is 2. The standard InChI is InChI=1S/C49H52N4O5SSi/c1-48(2,3)59(55)53-32-38-29-41(47(54)51-30-34-22-23-43-44(27-34)57-33-56-43)52-46(36-16-13-15-35(28-36)37-17-14-25-50-31-37)45(38)42(53)24-26-58-60(49(4,5)6,39-18-9-7-10-19-39)40-20-11-8-12-21-40/h7-23,25,27-29,31,42H,24,26,30,32-33H2,1-6H3,(H,51,54)/t42-,59?/m1/s1. The van der Waals surface area contributed by atoms with Crippen LogP contribution in [-0.4, -0.2) is 51.2 Å². The molecular formula is C49H52N4O5SSi. The summed E-state index contributed by atoms with van der Waals surface area (Å²) in [6.07, 6.45) is 4.17. The Morgan fingerprint density at radius 2 is 1.52 bits per heavy atom. The number of carbonyl (C=O) groups excluding carboxylic acids is 1. The lowest BCUT2D eigenvalue weighted by atomic mass is 9.94. The first-order chi connectivity index (χ1) is 28.8. The number of amides is 1. The molecule has 2 aromatic heterocycles. The number of carbonyl (C=O) groups is 1. The average Bonchev–Trinajstić information content (AvgIpc) is 3.88. The van der Waals surface area contributed by atoms with Crippen molar-refractivity contribution in [3.05, 3.63) is 156 Å². The number of ether oxygens (including phenoxy) is 2. The smallest absolute Gasteiger partial charge is 0.270 e. The lowest BCUT2D eigenvalue weighted by Gasteiger charge is -2.43. The van der Waals surface area contributed by atoms with E-state index in [1.807, 2.05) is 75.5 Å². The van der Waals surface area contributed by atoms with Gasteiger partial charge >= 0.3 is 0 Å². The Balaban J connectivity index is 1.20. The molecule has 60 heavy (non-hydrogen) atoms. The molecule has 0 bridgehead atoms. The molecular weight excluding hydrogens is 785 g/mol. The van der Waals surface area contributed by atoms with Crippen molar-refractivity contribution in [1.82, 2.24) is 19.6 Å². The Kier molecular flexibility index (Phi) is 11.7. The van der Waals surface area contributed by atoms with Gasteiger partial charge < -0.3 is 23.8 Å². The van der Waals surface area contributed by atoms with Crippen molar-refractivity contribution in [3.63, 3.8) is 0 Å². The van der Waals surface area contributed by atoms with E-state index in [1.54, 1.807) is 6.20 Å². The van der Waals surface area contributed by atoms with E-state index < -0.39 is 24.4 Å². The SMILES string of the molecule is CC(C)(C)[S+]([O-])N1Cc2cc(C(=O)NCc3ccc4c(c3)OCO4)nc(-c3cccc(-c4cccnc4)c3)c2[C@H]1CCO[Si](c1ccccc1)(c1ccccc1)C(C)(C)C. The Morgan fingerprint density at radius 1 is 0.833 bits per heavy atom. The molecule has 0 spiro atoms. The van der Waals surface area contributed by atoms with E-state index in [2.05, 4.69) is 108 Å². The lowest BCUT2D eigenvalue weighted by Crippen LogP contribution is -2.66. The maximum Gasteiger partial charge on any atom is 0.270 e. The molecule has 0 aliphatic carbocycles. The number of hydrogen-bond donors (Lipinski definition) is 1. The molecule has 11 heteroatoms. The van der Waals surface area contributed by atoms with E-state index in [-0.39, 0.29) is 30.3 Å². The van der Waals surface area contributed by atoms with E-state index in [0.717, 1.165) is 33.4 Å². The normalized spacial score (nSPS) is 15.8. The third kappa shape index (κ3) is 8.24. The molecule has 1 amide bonds. The first-order valence-electron chi connectivity index (χ1n) is 20.5. The molecule has 0 radical (unpaired) electrons. The predicted octanol–water partition coefficient (Wildman–Crippen LogP) is 8.75. The molecule has 0 fully saturated rings. The highest BCUT2D eigenvalue weighted by Crippen LogP contribution is 2.46. The molecule has 0 saturated carbocycles. The van der Waals surface area contributed by atoms with Gasteiger partial charge in [0.1, 0.15) is 10.4 Å². The zero-order valence-corrected chi connectivity index (χ0v) is 36.9. The number of hydrogen-bond acceptors (Lipinski definition) is 8. The zero-order valence-electron chi connectivity index (χ0n) is 35.1. The van der Waals surface area contributed by atoms with Crippen molar-refractivity contribution in [2.45, 2.75) is 76.9 Å².